The van der Waals surface area contributed by atoms with Crippen molar-refractivity contribution in [2.75, 3.05) is 40.4 Å². The smallest absolute Gasteiger partial charge is 0.290 e. The van der Waals surface area contributed by atoms with E-state index in [0.717, 1.165) is 17.7 Å². The molecule has 0 saturated carbocycles. The molecule has 1 atom stereocenters. The van der Waals surface area contributed by atoms with Crippen molar-refractivity contribution in [2.45, 2.75) is 13.0 Å². The van der Waals surface area contributed by atoms with Crippen molar-refractivity contribution >= 4 is 12.4 Å². The largest absolute Gasteiger partial charge is 0.483 e. The first-order chi connectivity index (χ1) is 10.5. The van der Waals surface area contributed by atoms with Gasteiger partial charge in [-0.3, -0.25) is 9.59 Å². The van der Waals surface area contributed by atoms with E-state index < -0.39 is 0 Å². The van der Waals surface area contributed by atoms with Crippen LogP contribution in [0.5, 0.6) is 0 Å². The van der Waals surface area contributed by atoms with Gasteiger partial charge < -0.3 is 19.6 Å². The monoisotopic (exact) mass is 308 g/mol. The van der Waals surface area contributed by atoms with E-state index in [1.807, 2.05) is 50.2 Å². The van der Waals surface area contributed by atoms with E-state index in [0.29, 0.717) is 19.8 Å². The normalized spacial score (nSPS) is 17.6. The fourth-order valence-electron chi connectivity index (χ4n) is 2.46. The standard InChI is InChI=1S/C15H22N2O2.CH2O2/c1-12-6-4-5-7-14(12)15(18)17-8-9-19-11-13(17)10-16(2)3;2-1-3/h4-7,13H,8-11H2,1-3H3;1H,(H,2,3). The number of carboxylic acid groups (broad SMARTS) is 1. The van der Waals surface area contributed by atoms with Gasteiger partial charge in [0.05, 0.1) is 19.3 Å². The molecule has 0 aromatic heterocycles. The number of hydrogen-bond acceptors (Lipinski definition) is 4. The van der Waals surface area contributed by atoms with Gasteiger partial charge in [-0.25, -0.2) is 0 Å². The van der Waals surface area contributed by atoms with Gasteiger partial charge in [-0.1, -0.05) is 18.2 Å². The van der Waals surface area contributed by atoms with Crippen molar-refractivity contribution in [2.24, 2.45) is 0 Å². The second-order valence-electron chi connectivity index (χ2n) is 5.41. The Morgan fingerprint density at radius 2 is 2.09 bits per heavy atom. The van der Waals surface area contributed by atoms with Gasteiger partial charge in [0.1, 0.15) is 0 Å². The van der Waals surface area contributed by atoms with E-state index in [1.165, 1.54) is 0 Å². The quantitative estimate of drug-likeness (QED) is 0.847. The highest BCUT2D eigenvalue weighted by molar-refractivity contribution is 5.95. The minimum Gasteiger partial charge on any atom is -0.483 e. The fraction of sp³-hybridized carbons (Fsp3) is 0.500. The van der Waals surface area contributed by atoms with Crippen LogP contribution < -0.4 is 0 Å². The van der Waals surface area contributed by atoms with Crippen LogP contribution in [0, 0.1) is 6.92 Å². The minimum atomic E-state index is -0.250. The Bertz CT molecular complexity index is 491. The average Bonchev–Trinajstić information content (AvgIpc) is 2.48. The second kappa shape index (κ2) is 9.17. The zero-order valence-electron chi connectivity index (χ0n) is 13.4. The molecule has 2 rings (SSSR count). The minimum absolute atomic E-state index is 0.119. The molecule has 0 radical (unpaired) electrons. The van der Waals surface area contributed by atoms with Gasteiger partial charge in [-0.15, -0.1) is 0 Å². The second-order valence-corrected chi connectivity index (χ2v) is 5.41. The third-order valence-corrected chi connectivity index (χ3v) is 3.44. The van der Waals surface area contributed by atoms with E-state index in [9.17, 15) is 4.79 Å². The third-order valence-electron chi connectivity index (χ3n) is 3.44. The van der Waals surface area contributed by atoms with E-state index in [1.54, 1.807) is 0 Å². The molecule has 1 aromatic carbocycles. The topological polar surface area (TPSA) is 70.1 Å². The number of carbonyl (C=O) groups excluding carboxylic acids is 1. The van der Waals surface area contributed by atoms with Crippen LogP contribution in [0.15, 0.2) is 24.3 Å². The molecule has 22 heavy (non-hydrogen) atoms. The molecular formula is C16H24N2O4. The van der Waals surface area contributed by atoms with Crippen molar-refractivity contribution in [1.82, 2.24) is 9.80 Å². The molecule has 1 fully saturated rings. The lowest BCUT2D eigenvalue weighted by Crippen LogP contribution is -2.52. The number of hydrogen-bond donors (Lipinski definition) is 1. The Morgan fingerprint density at radius 3 is 2.68 bits per heavy atom. The summed E-state index contributed by atoms with van der Waals surface area (Å²) in [5, 5.41) is 6.89. The van der Waals surface area contributed by atoms with Gasteiger partial charge in [-0.2, -0.15) is 0 Å². The van der Waals surface area contributed by atoms with Crippen LogP contribution in [-0.4, -0.2) is 73.7 Å². The molecule has 6 heteroatoms. The Hall–Kier alpha value is -1.92. The third kappa shape index (κ3) is 5.13. The summed E-state index contributed by atoms with van der Waals surface area (Å²) >= 11 is 0. The molecule has 1 aliphatic heterocycles. The number of nitrogens with zero attached hydrogens (tertiary/aromatic N) is 2. The molecule has 0 bridgehead atoms. The van der Waals surface area contributed by atoms with Crippen LogP contribution >= 0.6 is 0 Å². The lowest BCUT2D eigenvalue weighted by molar-refractivity contribution is -0.122. The summed E-state index contributed by atoms with van der Waals surface area (Å²) in [5.74, 6) is 0.119. The molecule has 1 aliphatic rings. The maximum atomic E-state index is 12.7. The van der Waals surface area contributed by atoms with Gasteiger partial charge in [0, 0.05) is 18.7 Å². The van der Waals surface area contributed by atoms with Gasteiger partial charge >= 0.3 is 0 Å². The van der Waals surface area contributed by atoms with Gasteiger partial charge in [0.25, 0.3) is 12.4 Å². The molecule has 122 valence electrons. The Morgan fingerprint density at radius 1 is 1.45 bits per heavy atom. The number of ether oxygens (including phenoxy) is 1. The van der Waals surface area contributed by atoms with Crippen molar-refractivity contribution < 1.29 is 19.4 Å². The fourth-order valence-corrected chi connectivity index (χ4v) is 2.46. The summed E-state index contributed by atoms with van der Waals surface area (Å²) in [5.41, 5.74) is 1.83. The van der Waals surface area contributed by atoms with Crippen molar-refractivity contribution in [3.8, 4) is 0 Å². The maximum Gasteiger partial charge on any atom is 0.290 e. The predicted molar refractivity (Wildman–Crippen MR) is 84.1 cm³/mol. The van der Waals surface area contributed by atoms with Crippen LogP contribution in [0.4, 0.5) is 0 Å². The first-order valence-corrected chi connectivity index (χ1v) is 7.18. The van der Waals surface area contributed by atoms with Crippen LogP contribution in [0.2, 0.25) is 0 Å². The van der Waals surface area contributed by atoms with E-state index in [4.69, 9.17) is 14.6 Å². The van der Waals surface area contributed by atoms with Gasteiger partial charge in [0.15, 0.2) is 0 Å². The molecule has 0 aliphatic carbocycles. The molecule has 1 N–H and O–H groups in total. The number of amides is 1. The lowest BCUT2D eigenvalue weighted by Gasteiger charge is -2.37. The highest BCUT2D eigenvalue weighted by atomic mass is 16.5. The van der Waals surface area contributed by atoms with Crippen LogP contribution in [0.3, 0.4) is 0 Å². The number of likely N-dealkylation sites (N-methyl/N-ethyl adjacent to an activating group) is 1. The average molecular weight is 308 g/mol. The molecule has 1 aromatic rings. The molecule has 1 unspecified atom stereocenters. The molecule has 6 nitrogen and oxygen atoms in total. The highest BCUT2D eigenvalue weighted by Gasteiger charge is 2.28. The van der Waals surface area contributed by atoms with Crippen molar-refractivity contribution in [3.63, 3.8) is 0 Å². The Balaban J connectivity index is 0.000000745. The molecule has 1 amide bonds. The zero-order valence-corrected chi connectivity index (χ0v) is 13.4. The van der Waals surface area contributed by atoms with Gasteiger partial charge in [-0.05, 0) is 32.6 Å². The molecular weight excluding hydrogens is 284 g/mol. The predicted octanol–water partition coefficient (Wildman–Crippen LogP) is 1.10. The summed E-state index contributed by atoms with van der Waals surface area (Å²) in [4.78, 5) is 25.1. The summed E-state index contributed by atoms with van der Waals surface area (Å²) in [6.07, 6.45) is 0. The Kier molecular flexibility index (Phi) is 7.56. The maximum absolute atomic E-state index is 12.7. The SMILES string of the molecule is Cc1ccccc1C(=O)N1CCOCC1CN(C)C.O=CO. The summed E-state index contributed by atoms with van der Waals surface area (Å²) < 4.78 is 5.51. The first kappa shape index (κ1) is 18.1. The van der Waals surface area contributed by atoms with Crippen molar-refractivity contribution in [3.05, 3.63) is 35.4 Å². The highest BCUT2D eigenvalue weighted by Crippen LogP contribution is 2.15. The number of rotatable bonds is 3. The van der Waals surface area contributed by atoms with Gasteiger partial charge in [0.2, 0.25) is 0 Å². The van der Waals surface area contributed by atoms with Crippen LogP contribution in [-0.2, 0) is 9.53 Å². The molecule has 0 spiro atoms. The number of benzene rings is 1. The van der Waals surface area contributed by atoms with E-state index in [-0.39, 0.29) is 18.4 Å². The summed E-state index contributed by atoms with van der Waals surface area (Å²) in [6, 6.07) is 7.90. The number of morpholine rings is 1. The van der Waals surface area contributed by atoms with Crippen LogP contribution in [0.25, 0.3) is 0 Å². The molecule has 1 heterocycles. The van der Waals surface area contributed by atoms with E-state index >= 15 is 0 Å². The van der Waals surface area contributed by atoms with E-state index in [2.05, 4.69) is 4.90 Å². The molecule has 1 saturated heterocycles. The zero-order chi connectivity index (χ0) is 16.5. The first-order valence-electron chi connectivity index (χ1n) is 7.18. The lowest BCUT2D eigenvalue weighted by atomic mass is 10.1. The Labute approximate surface area is 131 Å². The summed E-state index contributed by atoms with van der Waals surface area (Å²) in [6.45, 7) is 4.48. The van der Waals surface area contributed by atoms with Crippen LogP contribution in [0.1, 0.15) is 15.9 Å². The summed E-state index contributed by atoms with van der Waals surface area (Å²) in [7, 11) is 4.04. The number of aryl methyl sites for hydroxylation is 1. The number of carbonyl (C=O) groups is 2. The van der Waals surface area contributed by atoms with Crippen molar-refractivity contribution in [1.29, 1.82) is 0 Å².